The van der Waals surface area contributed by atoms with Crippen LogP contribution in [-0.2, 0) is 4.79 Å². The number of hydrogen-bond acceptors (Lipinski definition) is 3. The quantitative estimate of drug-likeness (QED) is 0.658. The van der Waals surface area contributed by atoms with E-state index in [0.717, 1.165) is 13.1 Å². The summed E-state index contributed by atoms with van der Waals surface area (Å²) in [5, 5.41) is 0. The van der Waals surface area contributed by atoms with Crippen molar-refractivity contribution in [2.45, 2.75) is 32.2 Å². The van der Waals surface area contributed by atoms with Crippen molar-refractivity contribution in [3.8, 4) is 0 Å². The highest BCUT2D eigenvalue weighted by Crippen LogP contribution is 2.17. The molecule has 1 heterocycles. The Labute approximate surface area is 87.1 Å². The summed E-state index contributed by atoms with van der Waals surface area (Å²) in [6.45, 7) is 4.93. The Bertz CT molecular complexity index is 192. The second-order valence-electron chi connectivity index (χ2n) is 4.55. The number of nitrogens with zero attached hydrogens (tertiary/aromatic N) is 2. The Morgan fingerprint density at radius 2 is 2.21 bits per heavy atom. The van der Waals surface area contributed by atoms with Gasteiger partial charge in [0.2, 0.25) is 0 Å². The number of ketones is 1. The lowest BCUT2D eigenvalue weighted by atomic mass is 10.2. The lowest BCUT2D eigenvalue weighted by Crippen LogP contribution is -2.38. The first-order valence-corrected chi connectivity index (χ1v) is 5.48. The number of carbonyl (C=O) groups is 1. The van der Waals surface area contributed by atoms with Crippen LogP contribution in [0.15, 0.2) is 0 Å². The summed E-state index contributed by atoms with van der Waals surface area (Å²) < 4.78 is 0. The third-order valence-electron chi connectivity index (χ3n) is 2.83. The molecule has 1 fully saturated rings. The summed E-state index contributed by atoms with van der Waals surface area (Å²) in [6, 6.07) is 0.671. The van der Waals surface area contributed by atoms with Crippen molar-refractivity contribution < 1.29 is 4.79 Å². The van der Waals surface area contributed by atoms with E-state index in [0.29, 0.717) is 18.2 Å². The lowest BCUT2D eigenvalue weighted by molar-refractivity contribution is -0.117. The van der Waals surface area contributed by atoms with Gasteiger partial charge in [-0.05, 0) is 40.4 Å². The summed E-state index contributed by atoms with van der Waals surface area (Å²) in [4.78, 5) is 15.6. The average Bonchev–Trinajstić information content (AvgIpc) is 2.47. The largest absolute Gasteiger partial charge is 0.308 e. The van der Waals surface area contributed by atoms with Gasteiger partial charge >= 0.3 is 0 Å². The van der Waals surface area contributed by atoms with Crippen LogP contribution in [0.3, 0.4) is 0 Å². The van der Waals surface area contributed by atoms with E-state index in [2.05, 4.69) is 23.9 Å². The van der Waals surface area contributed by atoms with E-state index in [1.165, 1.54) is 19.4 Å². The average molecular weight is 198 g/mol. The summed E-state index contributed by atoms with van der Waals surface area (Å²) in [5.41, 5.74) is 0. The maximum Gasteiger partial charge on any atom is 0.131 e. The molecule has 14 heavy (non-hydrogen) atoms. The second kappa shape index (κ2) is 5.47. The standard InChI is InChI=1S/C11H22N2O/c1-10(14)6-8-13-7-4-5-11(13)9-12(2)3/h11H,4-9H2,1-3H3. The van der Waals surface area contributed by atoms with Crippen LogP contribution < -0.4 is 0 Å². The molecule has 1 unspecified atom stereocenters. The molecular formula is C11H22N2O. The highest BCUT2D eigenvalue weighted by Gasteiger charge is 2.24. The van der Waals surface area contributed by atoms with Crippen molar-refractivity contribution in [1.82, 2.24) is 9.80 Å². The van der Waals surface area contributed by atoms with Gasteiger partial charge in [-0.3, -0.25) is 9.69 Å². The van der Waals surface area contributed by atoms with Gasteiger partial charge in [0.25, 0.3) is 0 Å². The van der Waals surface area contributed by atoms with E-state index in [-0.39, 0.29) is 0 Å². The van der Waals surface area contributed by atoms with E-state index >= 15 is 0 Å². The fourth-order valence-electron chi connectivity index (χ4n) is 2.12. The molecule has 0 aromatic rings. The molecule has 0 spiro atoms. The van der Waals surface area contributed by atoms with Gasteiger partial charge in [-0.15, -0.1) is 0 Å². The van der Waals surface area contributed by atoms with E-state index in [4.69, 9.17) is 0 Å². The molecule has 0 aromatic heterocycles. The van der Waals surface area contributed by atoms with Gasteiger partial charge in [0.05, 0.1) is 0 Å². The van der Waals surface area contributed by atoms with Crippen molar-refractivity contribution in [2.75, 3.05) is 33.7 Å². The van der Waals surface area contributed by atoms with E-state index in [1.807, 2.05) is 0 Å². The lowest BCUT2D eigenvalue weighted by Gasteiger charge is -2.26. The summed E-state index contributed by atoms with van der Waals surface area (Å²) in [7, 11) is 4.23. The molecule has 0 N–H and O–H groups in total. The maximum absolute atomic E-state index is 10.9. The van der Waals surface area contributed by atoms with Gasteiger partial charge in [0.1, 0.15) is 5.78 Å². The molecule has 0 aromatic carbocycles. The Kier molecular flexibility index (Phi) is 4.55. The van der Waals surface area contributed by atoms with E-state index < -0.39 is 0 Å². The fourth-order valence-corrected chi connectivity index (χ4v) is 2.12. The van der Waals surface area contributed by atoms with Gasteiger partial charge in [0.15, 0.2) is 0 Å². The van der Waals surface area contributed by atoms with Crippen LogP contribution in [-0.4, -0.2) is 55.4 Å². The SMILES string of the molecule is CC(=O)CCN1CCCC1CN(C)C. The van der Waals surface area contributed by atoms with Crippen molar-refractivity contribution in [3.05, 3.63) is 0 Å². The second-order valence-corrected chi connectivity index (χ2v) is 4.55. The first kappa shape index (κ1) is 11.7. The smallest absolute Gasteiger partial charge is 0.131 e. The minimum atomic E-state index is 0.306. The van der Waals surface area contributed by atoms with Crippen molar-refractivity contribution >= 4 is 5.78 Å². The van der Waals surface area contributed by atoms with Crippen LogP contribution in [0.1, 0.15) is 26.2 Å². The van der Waals surface area contributed by atoms with Gasteiger partial charge in [-0.25, -0.2) is 0 Å². The number of hydrogen-bond donors (Lipinski definition) is 0. The molecule has 0 saturated carbocycles. The molecule has 1 aliphatic heterocycles. The number of rotatable bonds is 5. The maximum atomic E-state index is 10.9. The number of likely N-dealkylation sites (tertiary alicyclic amines) is 1. The number of Topliss-reactive ketones (excluding diaryl/α,β-unsaturated/α-hetero) is 1. The first-order valence-electron chi connectivity index (χ1n) is 5.48. The van der Waals surface area contributed by atoms with Crippen LogP contribution >= 0.6 is 0 Å². The van der Waals surface area contributed by atoms with Gasteiger partial charge in [0, 0.05) is 25.6 Å². The first-order chi connectivity index (χ1) is 6.59. The molecule has 0 radical (unpaired) electrons. The molecule has 1 rings (SSSR count). The predicted molar refractivity (Wildman–Crippen MR) is 58.4 cm³/mol. The highest BCUT2D eigenvalue weighted by atomic mass is 16.1. The number of carbonyl (C=O) groups excluding carboxylic acids is 1. The molecule has 3 nitrogen and oxygen atoms in total. The zero-order chi connectivity index (χ0) is 10.6. The Morgan fingerprint density at radius 3 is 2.79 bits per heavy atom. The highest BCUT2D eigenvalue weighted by molar-refractivity contribution is 5.75. The van der Waals surface area contributed by atoms with Crippen LogP contribution in [0.2, 0.25) is 0 Å². The molecule has 0 bridgehead atoms. The molecular weight excluding hydrogens is 176 g/mol. The van der Waals surface area contributed by atoms with Crippen molar-refractivity contribution in [2.24, 2.45) is 0 Å². The molecule has 1 atom stereocenters. The van der Waals surface area contributed by atoms with Crippen LogP contribution in [0.5, 0.6) is 0 Å². The third kappa shape index (κ3) is 3.76. The Hall–Kier alpha value is -0.410. The topological polar surface area (TPSA) is 23.6 Å². The zero-order valence-electron chi connectivity index (χ0n) is 9.62. The number of likely N-dealkylation sites (N-methyl/N-ethyl adjacent to an activating group) is 1. The van der Waals surface area contributed by atoms with Gasteiger partial charge in [-0.2, -0.15) is 0 Å². The zero-order valence-corrected chi connectivity index (χ0v) is 9.62. The molecule has 0 aliphatic carbocycles. The Balaban J connectivity index is 2.31. The molecule has 1 saturated heterocycles. The molecule has 1 aliphatic rings. The fraction of sp³-hybridized carbons (Fsp3) is 0.909. The molecule has 82 valence electrons. The van der Waals surface area contributed by atoms with Gasteiger partial charge in [-0.1, -0.05) is 0 Å². The summed E-state index contributed by atoms with van der Waals surface area (Å²) in [5.74, 6) is 0.306. The van der Waals surface area contributed by atoms with Crippen LogP contribution in [0, 0.1) is 0 Å². The predicted octanol–water partition coefficient (Wildman–Crippen LogP) is 0.992. The summed E-state index contributed by atoms with van der Waals surface area (Å²) in [6.07, 6.45) is 3.29. The van der Waals surface area contributed by atoms with Gasteiger partial charge < -0.3 is 4.90 Å². The van der Waals surface area contributed by atoms with Crippen LogP contribution in [0.4, 0.5) is 0 Å². The minimum absolute atomic E-state index is 0.306. The van der Waals surface area contributed by atoms with Crippen molar-refractivity contribution in [3.63, 3.8) is 0 Å². The normalized spacial score (nSPS) is 23.3. The molecule has 3 heteroatoms. The third-order valence-corrected chi connectivity index (χ3v) is 2.83. The van der Waals surface area contributed by atoms with E-state index in [9.17, 15) is 4.79 Å². The van der Waals surface area contributed by atoms with E-state index in [1.54, 1.807) is 6.92 Å². The Morgan fingerprint density at radius 1 is 1.50 bits per heavy atom. The van der Waals surface area contributed by atoms with Crippen molar-refractivity contribution in [1.29, 1.82) is 0 Å². The minimum Gasteiger partial charge on any atom is -0.308 e. The summed E-state index contributed by atoms with van der Waals surface area (Å²) >= 11 is 0. The monoisotopic (exact) mass is 198 g/mol. The van der Waals surface area contributed by atoms with Crippen LogP contribution in [0.25, 0.3) is 0 Å². The molecule has 0 amide bonds.